The number of hydrogen-bond acceptors (Lipinski definition) is 6. The molecule has 0 aromatic heterocycles. The normalized spacial score (nSPS) is 20.9. The predicted molar refractivity (Wildman–Crippen MR) is 165 cm³/mol. The van der Waals surface area contributed by atoms with E-state index >= 15 is 0 Å². The van der Waals surface area contributed by atoms with Crippen LogP contribution in [0.15, 0.2) is 78.9 Å². The molecule has 3 aromatic carbocycles. The number of carbonyl (C=O) groups excluding carboxylic acids is 1. The van der Waals surface area contributed by atoms with Gasteiger partial charge >= 0.3 is 5.97 Å². The number of nitrogens with zero attached hydrogens (tertiary/aromatic N) is 2. The van der Waals surface area contributed by atoms with Crippen molar-refractivity contribution in [2.75, 3.05) is 34.8 Å². The maximum atomic E-state index is 13.5. The van der Waals surface area contributed by atoms with E-state index in [-0.39, 0.29) is 30.1 Å². The van der Waals surface area contributed by atoms with E-state index in [4.69, 9.17) is 21.1 Å². The molecule has 222 valence electrons. The van der Waals surface area contributed by atoms with E-state index < -0.39 is 21.6 Å². The molecule has 0 radical (unpaired) electrons. The number of esters is 1. The summed E-state index contributed by atoms with van der Waals surface area (Å²) < 4.78 is 40.5. The monoisotopic (exact) mass is 620 g/mol. The Labute approximate surface area is 254 Å². The van der Waals surface area contributed by atoms with Crippen LogP contribution < -0.4 is 4.74 Å². The number of halogens is 2. The van der Waals surface area contributed by atoms with Crippen molar-refractivity contribution in [1.82, 2.24) is 9.21 Å². The third kappa shape index (κ3) is 7.81. The van der Waals surface area contributed by atoms with Crippen molar-refractivity contribution in [1.29, 1.82) is 0 Å². The third-order valence-electron chi connectivity index (χ3n) is 7.68. The molecule has 4 rings (SSSR count). The zero-order valence-electron chi connectivity index (χ0n) is 23.8. The fraction of sp³-hybridized carbons (Fsp3) is 0.387. The van der Waals surface area contributed by atoms with E-state index in [9.17, 15) is 13.2 Å². The van der Waals surface area contributed by atoms with Crippen LogP contribution in [0.25, 0.3) is 0 Å². The highest BCUT2D eigenvalue weighted by Crippen LogP contribution is 2.47. The number of rotatable bonds is 10. The van der Waals surface area contributed by atoms with Crippen LogP contribution in [-0.4, -0.2) is 64.4 Å². The number of benzene rings is 3. The van der Waals surface area contributed by atoms with Gasteiger partial charge in [0.15, 0.2) is 0 Å². The SMILES string of the molecule is COc1cccc(C2(OC(=O)c3ccccc3)CCC(N(C)S(=O)(=O)Cc3cccc(Cl)c3)CC2CN(C)C)c1.Cl. The second-order valence-electron chi connectivity index (χ2n) is 10.7. The van der Waals surface area contributed by atoms with Crippen molar-refractivity contribution in [3.63, 3.8) is 0 Å². The Morgan fingerprint density at radius 1 is 1.00 bits per heavy atom. The standard InChI is InChI=1S/C31H37ClN2O5S.ClH/c1-33(2)21-26-19-28(34(3)40(36,37)22-23-10-8-14-27(32)18-23)16-17-31(26,25-13-9-15-29(20-25)38-4)39-30(35)24-11-6-5-7-12-24;/h5-15,18,20,26,28H,16-17,19,21-22H2,1-4H3;1H. The fourth-order valence-electron chi connectivity index (χ4n) is 5.64. The Morgan fingerprint density at radius 2 is 1.71 bits per heavy atom. The van der Waals surface area contributed by atoms with Gasteiger partial charge in [-0.15, -0.1) is 12.4 Å². The van der Waals surface area contributed by atoms with Crippen molar-refractivity contribution in [3.05, 3.63) is 101 Å². The Balaban J connectivity index is 0.00000462. The Kier molecular flexibility index (Phi) is 11.3. The van der Waals surface area contributed by atoms with Crippen LogP contribution in [0.1, 0.15) is 40.7 Å². The van der Waals surface area contributed by atoms with Gasteiger partial charge < -0.3 is 14.4 Å². The van der Waals surface area contributed by atoms with E-state index in [1.54, 1.807) is 50.6 Å². The van der Waals surface area contributed by atoms with Gasteiger partial charge in [-0.1, -0.05) is 54.1 Å². The lowest BCUT2D eigenvalue weighted by atomic mass is 9.69. The van der Waals surface area contributed by atoms with Crippen molar-refractivity contribution < 1.29 is 22.7 Å². The zero-order chi connectivity index (χ0) is 28.9. The summed E-state index contributed by atoms with van der Waals surface area (Å²) >= 11 is 6.10. The van der Waals surface area contributed by atoms with Gasteiger partial charge in [0, 0.05) is 30.6 Å². The van der Waals surface area contributed by atoms with Gasteiger partial charge in [0.05, 0.1) is 18.4 Å². The molecule has 0 N–H and O–H groups in total. The molecule has 1 fully saturated rings. The second-order valence-corrected chi connectivity index (χ2v) is 13.1. The molecule has 0 spiro atoms. The van der Waals surface area contributed by atoms with Gasteiger partial charge in [0.2, 0.25) is 10.0 Å². The molecule has 1 aliphatic rings. The number of carbonyl (C=O) groups is 1. The van der Waals surface area contributed by atoms with Crippen LogP contribution in [0.3, 0.4) is 0 Å². The minimum Gasteiger partial charge on any atom is -0.497 e. The fourth-order valence-corrected chi connectivity index (χ4v) is 7.30. The molecule has 0 saturated heterocycles. The summed E-state index contributed by atoms with van der Waals surface area (Å²) in [7, 11) is 3.57. The molecule has 3 atom stereocenters. The van der Waals surface area contributed by atoms with Crippen molar-refractivity contribution in [2.45, 2.75) is 36.7 Å². The zero-order valence-corrected chi connectivity index (χ0v) is 26.2. The maximum Gasteiger partial charge on any atom is 0.339 e. The quantitative estimate of drug-likeness (QED) is 0.258. The number of sulfonamides is 1. The van der Waals surface area contributed by atoms with Crippen molar-refractivity contribution in [2.24, 2.45) is 5.92 Å². The molecule has 7 nitrogen and oxygen atoms in total. The Bertz CT molecular complexity index is 1420. The van der Waals surface area contributed by atoms with Crippen molar-refractivity contribution in [3.8, 4) is 5.75 Å². The minimum atomic E-state index is -3.63. The first kappa shape index (κ1) is 32.9. The second kappa shape index (κ2) is 14.0. The van der Waals surface area contributed by atoms with Crippen LogP contribution in [0.2, 0.25) is 5.02 Å². The Morgan fingerprint density at radius 3 is 2.37 bits per heavy atom. The van der Waals surface area contributed by atoms with Gasteiger partial charge in [0.25, 0.3) is 0 Å². The highest BCUT2D eigenvalue weighted by Gasteiger charge is 2.50. The molecule has 10 heteroatoms. The van der Waals surface area contributed by atoms with E-state index in [1.165, 1.54) is 4.31 Å². The maximum absolute atomic E-state index is 13.5. The first-order valence-electron chi connectivity index (χ1n) is 13.3. The summed E-state index contributed by atoms with van der Waals surface area (Å²) in [4.78, 5) is 15.6. The molecule has 1 saturated carbocycles. The highest BCUT2D eigenvalue weighted by atomic mass is 35.5. The van der Waals surface area contributed by atoms with Crippen LogP contribution in [0, 0.1) is 5.92 Å². The lowest BCUT2D eigenvalue weighted by molar-refractivity contribution is -0.0916. The highest BCUT2D eigenvalue weighted by molar-refractivity contribution is 7.88. The summed E-state index contributed by atoms with van der Waals surface area (Å²) in [6, 6.07) is 23.3. The topological polar surface area (TPSA) is 76.1 Å². The van der Waals surface area contributed by atoms with E-state index in [0.29, 0.717) is 47.7 Å². The molecule has 0 heterocycles. The van der Waals surface area contributed by atoms with Gasteiger partial charge in [-0.2, -0.15) is 0 Å². The number of ether oxygens (including phenoxy) is 2. The first-order chi connectivity index (χ1) is 19.0. The average Bonchev–Trinajstić information content (AvgIpc) is 2.93. The molecular formula is C31H38Cl2N2O5S. The molecule has 0 amide bonds. The Hall–Kier alpha value is -2.62. The van der Waals surface area contributed by atoms with E-state index in [0.717, 1.165) is 5.56 Å². The lowest BCUT2D eigenvalue weighted by Gasteiger charge is -2.48. The molecule has 41 heavy (non-hydrogen) atoms. The third-order valence-corrected chi connectivity index (χ3v) is 9.79. The molecule has 1 aliphatic carbocycles. The average molecular weight is 622 g/mol. The van der Waals surface area contributed by atoms with E-state index in [1.807, 2.05) is 56.6 Å². The largest absolute Gasteiger partial charge is 0.497 e. The summed E-state index contributed by atoms with van der Waals surface area (Å²) in [6.07, 6.45) is 1.50. The van der Waals surface area contributed by atoms with Gasteiger partial charge in [-0.05, 0) is 80.9 Å². The minimum absolute atomic E-state index is 0. The number of methoxy groups -OCH3 is 1. The van der Waals surface area contributed by atoms with Crippen LogP contribution in [0.5, 0.6) is 5.75 Å². The molecular weight excluding hydrogens is 583 g/mol. The summed E-state index contributed by atoms with van der Waals surface area (Å²) in [5.74, 6) is -0.0693. The number of hydrogen-bond donors (Lipinski definition) is 0. The predicted octanol–water partition coefficient (Wildman–Crippen LogP) is 6.01. The first-order valence-corrected chi connectivity index (χ1v) is 15.3. The molecule has 3 aromatic rings. The van der Waals surface area contributed by atoms with Crippen LogP contribution >= 0.6 is 24.0 Å². The molecule has 3 unspecified atom stereocenters. The van der Waals surface area contributed by atoms with Gasteiger partial charge in [-0.3, -0.25) is 0 Å². The van der Waals surface area contributed by atoms with Gasteiger partial charge in [0.1, 0.15) is 11.4 Å². The summed E-state index contributed by atoms with van der Waals surface area (Å²) in [5.41, 5.74) is 0.977. The van der Waals surface area contributed by atoms with Crippen molar-refractivity contribution >= 4 is 40.0 Å². The van der Waals surface area contributed by atoms with Gasteiger partial charge in [-0.25, -0.2) is 17.5 Å². The summed E-state index contributed by atoms with van der Waals surface area (Å²) in [5, 5.41) is 0.502. The van der Waals surface area contributed by atoms with E-state index in [2.05, 4.69) is 4.90 Å². The van der Waals surface area contributed by atoms with Crippen LogP contribution in [0.4, 0.5) is 0 Å². The lowest BCUT2D eigenvalue weighted by Crippen LogP contribution is -2.52. The molecule has 0 aliphatic heterocycles. The summed E-state index contributed by atoms with van der Waals surface area (Å²) in [6.45, 7) is 0.595. The smallest absolute Gasteiger partial charge is 0.339 e. The van der Waals surface area contributed by atoms with Crippen LogP contribution in [-0.2, 0) is 26.1 Å². The molecule has 0 bridgehead atoms.